The second-order valence-corrected chi connectivity index (χ2v) is 8.21. The molecular formula is C11H17NO4S. The molecule has 3 rings (SSSR count). The maximum Gasteiger partial charge on any atom is 0.308 e. The predicted octanol–water partition coefficient (Wildman–Crippen LogP) is 0.0164. The lowest BCUT2D eigenvalue weighted by molar-refractivity contribution is -0.145. The number of carboxylic acids is 1. The average Bonchev–Trinajstić information content (AvgIpc) is 2.64. The molecule has 5 nitrogen and oxygen atoms in total. The van der Waals surface area contributed by atoms with Crippen LogP contribution in [0.4, 0.5) is 0 Å². The van der Waals surface area contributed by atoms with Crippen molar-refractivity contribution in [3.8, 4) is 0 Å². The lowest BCUT2D eigenvalue weighted by atomic mass is 9.72. The Morgan fingerprint density at radius 2 is 1.82 bits per heavy atom. The van der Waals surface area contributed by atoms with Gasteiger partial charge in [-0.25, -0.2) is 8.42 Å². The summed E-state index contributed by atoms with van der Waals surface area (Å²) in [6.45, 7) is 1.14. The summed E-state index contributed by atoms with van der Waals surface area (Å²) in [6, 6.07) is 0. The molecule has 2 bridgehead atoms. The van der Waals surface area contributed by atoms with Crippen molar-refractivity contribution in [2.24, 2.45) is 11.3 Å². The third kappa shape index (κ3) is 1.46. The third-order valence-corrected chi connectivity index (χ3v) is 7.53. The first-order chi connectivity index (χ1) is 7.96. The van der Waals surface area contributed by atoms with Gasteiger partial charge < -0.3 is 10.4 Å². The number of nitrogens with one attached hydrogen (secondary N) is 1. The fraction of sp³-hybridized carbons (Fsp3) is 0.909. The van der Waals surface area contributed by atoms with E-state index in [-0.39, 0.29) is 15.9 Å². The first kappa shape index (κ1) is 11.5. The van der Waals surface area contributed by atoms with Crippen molar-refractivity contribution in [1.82, 2.24) is 5.32 Å². The predicted molar refractivity (Wildman–Crippen MR) is 61.4 cm³/mol. The number of carboxylic acid groups (broad SMARTS) is 1. The van der Waals surface area contributed by atoms with Gasteiger partial charge in [-0.05, 0) is 31.1 Å². The number of aliphatic carboxylic acids is 1. The summed E-state index contributed by atoms with van der Waals surface area (Å²) in [5.41, 5.74) is -0.316. The number of hydrogen-bond acceptors (Lipinski definition) is 4. The van der Waals surface area contributed by atoms with Crippen LogP contribution in [0, 0.1) is 11.3 Å². The van der Waals surface area contributed by atoms with E-state index in [0.29, 0.717) is 25.9 Å². The maximum absolute atomic E-state index is 12.0. The van der Waals surface area contributed by atoms with Crippen LogP contribution in [0.1, 0.15) is 25.7 Å². The molecule has 3 fully saturated rings. The highest BCUT2D eigenvalue weighted by Crippen LogP contribution is 2.52. The Morgan fingerprint density at radius 3 is 2.35 bits per heavy atom. The van der Waals surface area contributed by atoms with Crippen molar-refractivity contribution in [3.05, 3.63) is 0 Å². The van der Waals surface area contributed by atoms with Crippen molar-refractivity contribution in [3.63, 3.8) is 0 Å². The average molecular weight is 259 g/mol. The zero-order valence-electron chi connectivity index (χ0n) is 9.55. The van der Waals surface area contributed by atoms with Crippen molar-refractivity contribution >= 4 is 15.8 Å². The fourth-order valence-electron chi connectivity index (χ4n) is 3.98. The lowest BCUT2D eigenvalue weighted by Gasteiger charge is -2.39. The lowest BCUT2D eigenvalue weighted by Crippen LogP contribution is -2.46. The summed E-state index contributed by atoms with van der Waals surface area (Å²) >= 11 is 0. The molecule has 3 unspecified atom stereocenters. The molecule has 1 spiro atoms. The van der Waals surface area contributed by atoms with Gasteiger partial charge in [-0.15, -0.1) is 0 Å². The molecular weight excluding hydrogens is 242 g/mol. The molecule has 3 aliphatic heterocycles. The Labute approximate surface area is 101 Å². The normalized spacial score (nSPS) is 47.4. The number of sulfone groups is 1. The zero-order chi connectivity index (χ0) is 12.3. The monoisotopic (exact) mass is 259 g/mol. The zero-order valence-corrected chi connectivity index (χ0v) is 10.4. The van der Waals surface area contributed by atoms with Crippen LogP contribution < -0.4 is 5.32 Å². The second-order valence-electron chi connectivity index (χ2n) is 5.70. The largest absolute Gasteiger partial charge is 0.481 e. The number of fused-ring (bicyclic) bond motifs is 2. The molecule has 6 heteroatoms. The van der Waals surface area contributed by atoms with Gasteiger partial charge in [0.2, 0.25) is 0 Å². The van der Waals surface area contributed by atoms with E-state index < -0.39 is 21.7 Å². The van der Waals surface area contributed by atoms with Crippen molar-refractivity contribution < 1.29 is 18.3 Å². The molecule has 96 valence electrons. The molecule has 0 saturated carbocycles. The molecule has 3 saturated heterocycles. The topological polar surface area (TPSA) is 83.5 Å². The van der Waals surface area contributed by atoms with Gasteiger partial charge in [-0.3, -0.25) is 4.79 Å². The highest BCUT2D eigenvalue weighted by Gasteiger charge is 2.58. The van der Waals surface area contributed by atoms with E-state index in [9.17, 15) is 18.3 Å². The molecule has 0 radical (unpaired) electrons. The Morgan fingerprint density at radius 1 is 1.24 bits per heavy atom. The van der Waals surface area contributed by atoms with E-state index in [0.717, 1.165) is 12.8 Å². The standard InChI is InChI=1S/C11H17NO4S/c13-10(14)9-5-12-6-11(9)3-7-1-2-8(4-11)17(7,15)16/h7-9,12H,1-6H2,(H,13,14). The quantitative estimate of drug-likeness (QED) is 0.693. The summed E-state index contributed by atoms with van der Waals surface area (Å²) in [7, 11) is -2.96. The Kier molecular flexibility index (Phi) is 2.32. The molecule has 17 heavy (non-hydrogen) atoms. The summed E-state index contributed by atoms with van der Waals surface area (Å²) in [5.74, 6) is -1.20. The second kappa shape index (κ2) is 3.45. The molecule has 0 aromatic heterocycles. The van der Waals surface area contributed by atoms with E-state index in [1.807, 2.05) is 0 Å². The minimum atomic E-state index is -2.96. The van der Waals surface area contributed by atoms with Gasteiger partial charge in [-0.1, -0.05) is 0 Å². The SMILES string of the molecule is O=C(O)C1CNCC12CC1CCC(C2)S1(=O)=O. The van der Waals surface area contributed by atoms with Gasteiger partial charge in [-0.2, -0.15) is 0 Å². The molecule has 0 aromatic rings. The third-order valence-electron chi connectivity index (χ3n) is 4.87. The van der Waals surface area contributed by atoms with Crippen LogP contribution >= 0.6 is 0 Å². The molecule has 0 amide bonds. The highest BCUT2D eigenvalue weighted by molar-refractivity contribution is 7.93. The molecule has 0 aromatic carbocycles. The van der Waals surface area contributed by atoms with Crippen molar-refractivity contribution in [2.75, 3.05) is 13.1 Å². The number of hydrogen-bond donors (Lipinski definition) is 2. The minimum Gasteiger partial charge on any atom is -0.481 e. The molecule has 3 atom stereocenters. The van der Waals surface area contributed by atoms with E-state index in [1.54, 1.807) is 0 Å². The van der Waals surface area contributed by atoms with Crippen LogP contribution in [0.2, 0.25) is 0 Å². The van der Waals surface area contributed by atoms with Gasteiger partial charge in [0.05, 0.1) is 16.4 Å². The first-order valence-electron chi connectivity index (χ1n) is 6.12. The van der Waals surface area contributed by atoms with Gasteiger partial charge in [0, 0.05) is 13.1 Å². The number of rotatable bonds is 1. The summed E-state index contributed by atoms with van der Waals surface area (Å²) < 4.78 is 24.0. The van der Waals surface area contributed by atoms with Gasteiger partial charge in [0.25, 0.3) is 0 Å². The summed E-state index contributed by atoms with van der Waals surface area (Å²) in [4.78, 5) is 11.3. The fourth-order valence-corrected chi connectivity index (χ4v) is 6.58. The Hall–Kier alpha value is -0.620. The maximum atomic E-state index is 12.0. The van der Waals surface area contributed by atoms with Crippen LogP contribution in [-0.4, -0.2) is 43.1 Å². The number of carbonyl (C=O) groups is 1. The summed E-state index contributed by atoms with van der Waals surface area (Å²) in [5, 5.41) is 11.8. The molecule has 2 N–H and O–H groups in total. The first-order valence-corrected chi connectivity index (χ1v) is 7.73. The highest BCUT2D eigenvalue weighted by atomic mass is 32.2. The van der Waals surface area contributed by atoms with E-state index in [4.69, 9.17) is 0 Å². The minimum absolute atomic E-state index is 0.289. The van der Waals surface area contributed by atoms with Gasteiger partial charge >= 0.3 is 5.97 Å². The van der Waals surface area contributed by atoms with Crippen LogP contribution in [0.25, 0.3) is 0 Å². The molecule has 3 aliphatic rings. The van der Waals surface area contributed by atoms with Crippen LogP contribution in [-0.2, 0) is 14.6 Å². The van der Waals surface area contributed by atoms with Crippen molar-refractivity contribution in [2.45, 2.75) is 36.2 Å². The Balaban J connectivity index is 1.95. The van der Waals surface area contributed by atoms with Gasteiger partial charge in [0.1, 0.15) is 0 Å². The van der Waals surface area contributed by atoms with Crippen molar-refractivity contribution in [1.29, 1.82) is 0 Å². The molecule has 3 heterocycles. The van der Waals surface area contributed by atoms with E-state index in [2.05, 4.69) is 5.32 Å². The van der Waals surface area contributed by atoms with E-state index in [1.165, 1.54) is 0 Å². The van der Waals surface area contributed by atoms with Crippen LogP contribution in [0.15, 0.2) is 0 Å². The van der Waals surface area contributed by atoms with Gasteiger partial charge in [0.15, 0.2) is 9.84 Å². The van der Waals surface area contributed by atoms with E-state index >= 15 is 0 Å². The van der Waals surface area contributed by atoms with Crippen LogP contribution in [0.3, 0.4) is 0 Å². The Bertz CT molecular complexity index is 438. The molecule has 0 aliphatic carbocycles. The summed E-state index contributed by atoms with van der Waals surface area (Å²) in [6.07, 6.45) is 2.52. The van der Waals surface area contributed by atoms with Crippen LogP contribution in [0.5, 0.6) is 0 Å². The smallest absolute Gasteiger partial charge is 0.308 e.